The minimum Gasteiger partial charge on any atom is -0.349 e. The van der Waals surface area contributed by atoms with E-state index in [4.69, 9.17) is 11.6 Å². The lowest BCUT2D eigenvalue weighted by Crippen LogP contribution is -2.30. The number of nitrogens with zero attached hydrogens (tertiary/aromatic N) is 1. The number of hydrogen-bond donors (Lipinski definition) is 2. The Morgan fingerprint density at radius 3 is 2.96 bits per heavy atom. The van der Waals surface area contributed by atoms with E-state index in [1.165, 1.54) is 11.8 Å². The van der Waals surface area contributed by atoms with Gasteiger partial charge in [-0.25, -0.2) is 4.79 Å². The van der Waals surface area contributed by atoms with Gasteiger partial charge in [-0.2, -0.15) is 4.98 Å². The van der Waals surface area contributed by atoms with Gasteiger partial charge >= 0.3 is 5.69 Å². The molecule has 7 heteroatoms. The van der Waals surface area contributed by atoms with Crippen LogP contribution >= 0.6 is 23.4 Å². The average molecular weight is 350 g/mol. The van der Waals surface area contributed by atoms with Crippen LogP contribution in [0.4, 0.5) is 0 Å². The molecule has 2 atom stereocenters. The van der Waals surface area contributed by atoms with Gasteiger partial charge in [0.05, 0.1) is 5.56 Å². The lowest BCUT2D eigenvalue weighted by molar-refractivity contribution is 0.0945. The number of aryl methyl sites for hydroxylation is 1. The standard InChI is InChI=1S/C16H16ClN3O2S/c1-8-13(15(23-2)20-16(22)18-8)14(21)19-12-7-11(12)9-4-3-5-10(17)6-9/h3-6,11-12H,7H2,1-2H3,(H,19,21)(H,18,20,22)/t11-,12+/m1/s1. The zero-order valence-electron chi connectivity index (χ0n) is 12.7. The van der Waals surface area contributed by atoms with E-state index in [9.17, 15) is 9.59 Å². The molecule has 0 aliphatic heterocycles. The number of aromatic amines is 1. The van der Waals surface area contributed by atoms with Crippen LogP contribution in [0.3, 0.4) is 0 Å². The molecule has 0 saturated heterocycles. The summed E-state index contributed by atoms with van der Waals surface area (Å²) in [7, 11) is 0. The van der Waals surface area contributed by atoms with Gasteiger partial charge < -0.3 is 10.3 Å². The third-order valence-corrected chi connectivity index (χ3v) is 4.81. The molecule has 3 rings (SSSR count). The predicted molar refractivity (Wildman–Crippen MR) is 91.4 cm³/mol. The average Bonchev–Trinajstić information content (AvgIpc) is 3.25. The van der Waals surface area contributed by atoms with Crippen LogP contribution in [0, 0.1) is 6.92 Å². The quantitative estimate of drug-likeness (QED) is 0.657. The van der Waals surface area contributed by atoms with E-state index >= 15 is 0 Å². The first kappa shape index (κ1) is 16.1. The monoisotopic (exact) mass is 349 g/mol. The Morgan fingerprint density at radius 2 is 2.26 bits per heavy atom. The number of rotatable bonds is 4. The van der Waals surface area contributed by atoms with Crippen molar-refractivity contribution in [1.29, 1.82) is 0 Å². The summed E-state index contributed by atoms with van der Waals surface area (Å²) >= 11 is 7.30. The lowest BCUT2D eigenvalue weighted by atomic mass is 10.1. The molecule has 5 nitrogen and oxygen atoms in total. The zero-order chi connectivity index (χ0) is 16.6. The Kier molecular flexibility index (Phi) is 4.46. The molecule has 1 aromatic carbocycles. The first-order chi connectivity index (χ1) is 11.0. The summed E-state index contributed by atoms with van der Waals surface area (Å²) in [5.74, 6) is 0.0801. The fourth-order valence-corrected chi connectivity index (χ4v) is 3.50. The molecule has 1 aliphatic carbocycles. The number of hydrogen-bond acceptors (Lipinski definition) is 4. The molecule has 1 aromatic heterocycles. The van der Waals surface area contributed by atoms with Gasteiger partial charge in [0.15, 0.2) is 0 Å². The van der Waals surface area contributed by atoms with Gasteiger partial charge in [-0.1, -0.05) is 23.7 Å². The maximum absolute atomic E-state index is 12.5. The normalized spacial score (nSPS) is 19.4. The second-order valence-corrected chi connectivity index (χ2v) is 6.76. The zero-order valence-corrected chi connectivity index (χ0v) is 14.3. The van der Waals surface area contributed by atoms with Crippen molar-refractivity contribution < 1.29 is 4.79 Å². The smallest absolute Gasteiger partial charge is 0.346 e. The van der Waals surface area contributed by atoms with Crippen LogP contribution in [0.25, 0.3) is 0 Å². The van der Waals surface area contributed by atoms with Gasteiger partial charge in [-0.05, 0) is 37.3 Å². The number of aromatic nitrogens is 2. The Bertz CT molecular complexity index is 821. The molecule has 1 amide bonds. The number of carbonyl (C=O) groups excluding carboxylic acids is 1. The van der Waals surface area contributed by atoms with Crippen LogP contribution in [-0.4, -0.2) is 28.2 Å². The van der Waals surface area contributed by atoms with Crippen LogP contribution in [0.2, 0.25) is 5.02 Å². The highest BCUT2D eigenvalue weighted by molar-refractivity contribution is 7.98. The minimum atomic E-state index is -0.438. The molecule has 0 spiro atoms. The van der Waals surface area contributed by atoms with Crippen LogP contribution in [-0.2, 0) is 0 Å². The molecule has 120 valence electrons. The number of H-pyrrole nitrogens is 1. The molecule has 0 bridgehead atoms. The highest BCUT2D eigenvalue weighted by Crippen LogP contribution is 2.41. The Hall–Kier alpha value is -1.79. The van der Waals surface area contributed by atoms with Crippen LogP contribution in [0.1, 0.15) is 34.0 Å². The summed E-state index contributed by atoms with van der Waals surface area (Å²) in [4.78, 5) is 30.4. The summed E-state index contributed by atoms with van der Waals surface area (Å²) in [6, 6.07) is 7.78. The number of thioether (sulfide) groups is 1. The van der Waals surface area contributed by atoms with E-state index in [2.05, 4.69) is 15.3 Å². The molecule has 2 aromatic rings. The molecule has 1 heterocycles. The third-order valence-electron chi connectivity index (χ3n) is 3.89. The van der Waals surface area contributed by atoms with Crippen molar-refractivity contribution in [3.63, 3.8) is 0 Å². The largest absolute Gasteiger partial charge is 0.349 e. The van der Waals surface area contributed by atoms with E-state index in [-0.39, 0.29) is 17.9 Å². The lowest BCUT2D eigenvalue weighted by Gasteiger charge is -2.10. The summed E-state index contributed by atoms with van der Waals surface area (Å²) in [5.41, 5.74) is 1.66. The topological polar surface area (TPSA) is 74.8 Å². The van der Waals surface area contributed by atoms with Crippen molar-refractivity contribution in [3.8, 4) is 0 Å². The van der Waals surface area contributed by atoms with Crippen molar-refractivity contribution in [2.75, 3.05) is 6.26 Å². The highest BCUT2D eigenvalue weighted by Gasteiger charge is 2.40. The minimum absolute atomic E-state index is 0.0852. The fourth-order valence-electron chi connectivity index (χ4n) is 2.68. The number of amides is 1. The highest BCUT2D eigenvalue weighted by atomic mass is 35.5. The number of benzene rings is 1. The van der Waals surface area contributed by atoms with Crippen LogP contribution in [0.15, 0.2) is 34.1 Å². The van der Waals surface area contributed by atoms with Gasteiger partial charge in [0.1, 0.15) is 5.03 Å². The molecular formula is C16H16ClN3O2S. The van der Waals surface area contributed by atoms with Crippen LogP contribution in [0.5, 0.6) is 0 Å². The van der Waals surface area contributed by atoms with Gasteiger partial charge in [-0.3, -0.25) is 4.79 Å². The van der Waals surface area contributed by atoms with E-state index in [1.54, 1.807) is 13.2 Å². The fraction of sp³-hybridized carbons (Fsp3) is 0.312. The Labute approximate surface area is 142 Å². The molecule has 1 saturated carbocycles. The van der Waals surface area contributed by atoms with Crippen molar-refractivity contribution in [2.45, 2.75) is 30.3 Å². The van der Waals surface area contributed by atoms with Gasteiger partial charge in [-0.15, -0.1) is 11.8 Å². The summed E-state index contributed by atoms with van der Waals surface area (Å²) in [6.07, 6.45) is 2.68. The Balaban J connectivity index is 1.76. The molecule has 2 N–H and O–H groups in total. The van der Waals surface area contributed by atoms with Gasteiger partial charge in [0.25, 0.3) is 5.91 Å². The number of nitrogens with one attached hydrogen (secondary N) is 2. The maximum atomic E-state index is 12.5. The second kappa shape index (κ2) is 6.37. The van der Waals surface area contributed by atoms with Crippen molar-refractivity contribution >= 4 is 29.3 Å². The van der Waals surface area contributed by atoms with Crippen molar-refractivity contribution in [3.05, 3.63) is 56.6 Å². The van der Waals surface area contributed by atoms with E-state index < -0.39 is 5.69 Å². The molecule has 23 heavy (non-hydrogen) atoms. The molecule has 1 fully saturated rings. The predicted octanol–water partition coefficient (Wildman–Crippen LogP) is 2.74. The molecule has 0 radical (unpaired) electrons. The molecular weight excluding hydrogens is 334 g/mol. The third kappa shape index (κ3) is 3.43. The molecule has 1 aliphatic rings. The van der Waals surface area contributed by atoms with E-state index in [0.29, 0.717) is 21.3 Å². The molecule has 0 unspecified atom stereocenters. The van der Waals surface area contributed by atoms with Gasteiger partial charge in [0.2, 0.25) is 0 Å². The first-order valence-electron chi connectivity index (χ1n) is 7.21. The maximum Gasteiger partial charge on any atom is 0.346 e. The van der Waals surface area contributed by atoms with Gasteiger partial charge in [0, 0.05) is 22.7 Å². The summed E-state index contributed by atoms with van der Waals surface area (Å²) in [5, 5.41) is 4.16. The van der Waals surface area contributed by atoms with Crippen molar-refractivity contribution in [2.24, 2.45) is 0 Å². The second-order valence-electron chi connectivity index (χ2n) is 5.53. The summed E-state index contributed by atoms with van der Waals surface area (Å²) < 4.78 is 0. The Morgan fingerprint density at radius 1 is 1.48 bits per heavy atom. The van der Waals surface area contributed by atoms with Crippen LogP contribution < -0.4 is 11.0 Å². The van der Waals surface area contributed by atoms with Crippen molar-refractivity contribution in [1.82, 2.24) is 15.3 Å². The number of halogens is 1. The van der Waals surface area contributed by atoms with E-state index in [1.807, 2.05) is 24.3 Å². The first-order valence-corrected chi connectivity index (χ1v) is 8.81. The summed E-state index contributed by atoms with van der Waals surface area (Å²) in [6.45, 7) is 1.71. The number of carbonyl (C=O) groups is 1. The van der Waals surface area contributed by atoms with E-state index in [0.717, 1.165) is 12.0 Å². The SMILES string of the molecule is CSc1nc(=O)[nH]c(C)c1C(=O)N[C@H]1C[C@@H]1c1cccc(Cl)c1.